The average Bonchev–Trinajstić information content (AvgIpc) is 2.25. The Morgan fingerprint density at radius 3 is 1.09 bits per heavy atom. The molecule has 7 nitrogen and oxygen atoms in total. The quantitative estimate of drug-likeness (QED) is 0.390. The van der Waals surface area contributed by atoms with Crippen molar-refractivity contribution in [1.29, 1.82) is 0 Å². The molecule has 0 aliphatic rings. The number of hydrogen-bond donors (Lipinski definition) is 2. The fraction of sp³-hybridized carbons (Fsp3) is 0.286. The first kappa shape index (κ1) is 23.7. The zero-order valence-electron chi connectivity index (χ0n) is 10.2. The van der Waals surface area contributed by atoms with Crippen molar-refractivity contribution >= 4 is 20.2 Å². The molecule has 0 fully saturated rings. The van der Waals surface area contributed by atoms with Gasteiger partial charge in [0.15, 0.2) is 0 Å². The maximum atomic E-state index is 11.9. The lowest BCUT2D eigenvalue weighted by atomic mass is 10.5. The third-order valence-corrected chi connectivity index (χ3v) is 2.39. The van der Waals surface area contributed by atoms with Gasteiger partial charge in [0.1, 0.15) is 5.82 Å². The zero-order valence-corrected chi connectivity index (χ0v) is 11.9. The highest BCUT2D eigenvalue weighted by Crippen LogP contribution is 2.21. The van der Waals surface area contributed by atoms with Gasteiger partial charge in [-0.2, -0.15) is 43.2 Å². The number of rotatable bonds is 0. The number of aromatic nitrogens is 1. The Balaban J connectivity index is 0. The Morgan fingerprint density at radius 1 is 0.783 bits per heavy atom. The van der Waals surface area contributed by atoms with Crippen LogP contribution < -0.4 is 0 Å². The van der Waals surface area contributed by atoms with Crippen molar-refractivity contribution in [3.8, 4) is 0 Å². The summed E-state index contributed by atoms with van der Waals surface area (Å²) in [6.45, 7) is 0. The van der Waals surface area contributed by atoms with Crippen molar-refractivity contribution in [2.75, 3.05) is 0 Å². The highest BCUT2D eigenvalue weighted by Gasteiger charge is 2.45. The van der Waals surface area contributed by atoms with E-state index in [-0.39, 0.29) is 5.82 Å². The number of hydrogen-bond acceptors (Lipinski definition) is 5. The van der Waals surface area contributed by atoms with Crippen LogP contribution in [0.3, 0.4) is 0 Å². The van der Waals surface area contributed by atoms with E-state index in [0.717, 1.165) is 0 Å². The predicted molar refractivity (Wildman–Crippen MR) is 59.4 cm³/mol. The molecule has 0 amide bonds. The van der Waals surface area contributed by atoms with Crippen LogP contribution in [-0.4, -0.2) is 41.9 Å². The Bertz CT molecular complexity index is 625. The van der Waals surface area contributed by atoms with Gasteiger partial charge in [-0.05, 0) is 12.1 Å². The van der Waals surface area contributed by atoms with Gasteiger partial charge in [0.25, 0.3) is 0 Å². The Kier molecular flexibility index (Phi) is 8.64. The maximum absolute atomic E-state index is 11.9. The number of nitrogens with zero attached hydrogens (tertiary/aromatic N) is 1. The lowest BCUT2D eigenvalue weighted by molar-refractivity contribution is -0.0514. The monoisotopic (exact) mass is 397 g/mol. The first-order chi connectivity index (χ1) is 9.89. The molecular formula is C7H6F7NO6S2. The van der Waals surface area contributed by atoms with Crippen molar-refractivity contribution in [2.24, 2.45) is 0 Å². The molecule has 23 heavy (non-hydrogen) atoms. The van der Waals surface area contributed by atoms with Gasteiger partial charge in [-0.25, -0.2) is 4.39 Å². The van der Waals surface area contributed by atoms with Crippen LogP contribution in [0.1, 0.15) is 0 Å². The first-order valence-electron chi connectivity index (χ1n) is 4.52. The minimum atomic E-state index is -5.84. The van der Waals surface area contributed by atoms with Gasteiger partial charge in [0.05, 0.1) is 0 Å². The standard InChI is InChI=1S/C5H4FN.2CHF3O3S/c6-5-1-3-7-4-2-5;2*2-1(3,4)8(5,6)7/h1-4H;2*(H,5,6,7). The van der Waals surface area contributed by atoms with E-state index < -0.39 is 31.3 Å². The summed E-state index contributed by atoms with van der Waals surface area (Å²) in [6, 6.07) is 2.61. The van der Waals surface area contributed by atoms with Gasteiger partial charge in [0, 0.05) is 12.4 Å². The molecule has 0 bridgehead atoms. The number of halogens is 7. The summed E-state index contributed by atoms with van der Waals surface area (Å²) in [5, 5.41) is 0. The smallest absolute Gasteiger partial charge is 0.279 e. The van der Waals surface area contributed by atoms with Gasteiger partial charge in [0.2, 0.25) is 0 Å². The van der Waals surface area contributed by atoms with Gasteiger partial charge in [-0.3, -0.25) is 14.1 Å². The van der Waals surface area contributed by atoms with E-state index in [1.807, 2.05) is 0 Å². The molecule has 0 saturated carbocycles. The van der Waals surface area contributed by atoms with Crippen molar-refractivity contribution in [3.05, 3.63) is 30.3 Å². The van der Waals surface area contributed by atoms with Crippen LogP contribution in [0.4, 0.5) is 30.7 Å². The summed E-state index contributed by atoms with van der Waals surface area (Å²) >= 11 is 0. The second-order valence-electron chi connectivity index (χ2n) is 3.01. The lowest BCUT2D eigenvalue weighted by Gasteiger charge is -1.97. The van der Waals surface area contributed by atoms with Crippen LogP contribution >= 0.6 is 0 Å². The molecule has 0 unspecified atom stereocenters. The molecule has 0 aromatic carbocycles. The van der Waals surface area contributed by atoms with Crippen LogP contribution in [-0.2, 0) is 20.2 Å². The average molecular weight is 397 g/mol. The van der Waals surface area contributed by atoms with Crippen LogP contribution in [0.15, 0.2) is 24.5 Å². The van der Waals surface area contributed by atoms with Crippen LogP contribution in [0, 0.1) is 5.82 Å². The van der Waals surface area contributed by atoms with E-state index in [1.54, 1.807) is 0 Å². The summed E-state index contributed by atoms with van der Waals surface area (Å²) in [5.41, 5.74) is -11.1. The summed E-state index contributed by atoms with van der Waals surface area (Å²) in [6.07, 6.45) is 2.82. The molecule has 1 aromatic heterocycles. The maximum Gasteiger partial charge on any atom is 0.522 e. The predicted octanol–water partition coefficient (Wildman–Crippen LogP) is 2.01. The molecule has 0 atom stereocenters. The SMILES string of the molecule is Fc1ccncc1.O=S(=O)(O)C(F)(F)F.O=S(=O)(O)C(F)(F)F. The Morgan fingerprint density at radius 2 is 1.00 bits per heavy atom. The van der Waals surface area contributed by atoms with Crippen molar-refractivity contribution in [2.45, 2.75) is 11.0 Å². The van der Waals surface area contributed by atoms with E-state index in [4.69, 9.17) is 25.9 Å². The molecule has 2 N–H and O–H groups in total. The molecule has 136 valence electrons. The third kappa shape index (κ3) is 11.7. The molecule has 16 heteroatoms. The van der Waals surface area contributed by atoms with E-state index in [9.17, 15) is 30.7 Å². The number of pyridine rings is 1. The summed E-state index contributed by atoms with van der Waals surface area (Å²) < 4.78 is 127. The zero-order chi connectivity index (χ0) is 19.1. The van der Waals surface area contributed by atoms with E-state index in [1.165, 1.54) is 24.5 Å². The van der Waals surface area contributed by atoms with Crippen LogP contribution in [0.5, 0.6) is 0 Å². The molecule has 0 saturated heterocycles. The van der Waals surface area contributed by atoms with Crippen molar-refractivity contribution < 1.29 is 56.7 Å². The minimum Gasteiger partial charge on any atom is -0.279 e. The fourth-order valence-corrected chi connectivity index (χ4v) is 0.334. The molecule has 1 heterocycles. The van der Waals surface area contributed by atoms with Crippen molar-refractivity contribution in [3.63, 3.8) is 0 Å². The topological polar surface area (TPSA) is 122 Å². The lowest BCUT2D eigenvalue weighted by Crippen LogP contribution is -2.21. The summed E-state index contributed by atoms with van der Waals surface area (Å²) in [5.74, 6) is -0.241. The largest absolute Gasteiger partial charge is 0.522 e. The highest BCUT2D eigenvalue weighted by atomic mass is 32.2. The minimum absolute atomic E-state index is 0.241. The molecule has 0 aliphatic heterocycles. The van der Waals surface area contributed by atoms with Crippen LogP contribution in [0.25, 0.3) is 0 Å². The summed E-state index contributed by atoms with van der Waals surface area (Å²) in [7, 11) is -11.7. The van der Waals surface area contributed by atoms with E-state index in [0.29, 0.717) is 0 Å². The molecule has 0 radical (unpaired) electrons. The third-order valence-electron chi connectivity index (χ3n) is 1.22. The second kappa shape index (κ2) is 8.37. The second-order valence-corrected chi connectivity index (χ2v) is 5.83. The molecule has 1 aromatic rings. The number of alkyl halides is 6. The molecular weight excluding hydrogens is 391 g/mol. The Labute approximate surface area is 124 Å². The van der Waals surface area contributed by atoms with Gasteiger partial charge in [-0.15, -0.1) is 0 Å². The summed E-state index contributed by atoms with van der Waals surface area (Å²) in [4.78, 5) is 3.61. The van der Waals surface area contributed by atoms with Gasteiger partial charge >= 0.3 is 31.3 Å². The van der Waals surface area contributed by atoms with E-state index >= 15 is 0 Å². The van der Waals surface area contributed by atoms with Crippen molar-refractivity contribution in [1.82, 2.24) is 4.98 Å². The van der Waals surface area contributed by atoms with Crippen LogP contribution in [0.2, 0.25) is 0 Å². The fourth-order valence-electron chi connectivity index (χ4n) is 0.334. The van der Waals surface area contributed by atoms with E-state index in [2.05, 4.69) is 4.98 Å². The highest BCUT2D eigenvalue weighted by molar-refractivity contribution is 7.86. The molecule has 0 spiro atoms. The molecule has 1 rings (SSSR count). The first-order valence-corrected chi connectivity index (χ1v) is 7.40. The Hall–Kier alpha value is -1.52. The van der Waals surface area contributed by atoms with Gasteiger partial charge < -0.3 is 0 Å². The normalized spacial score (nSPS) is 12.4. The molecule has 0 aliphatic carbocycles. The van der Waals surface area contributed by atoms with Gasteiger partial charge in [-0.1, -0.05) is 0 Å².